The van der Waals surface area contributed by atoms with Gasteiger partial charge in [0.05, 0.1) is 23.4 Å². The first kappa shape index (κ1) is 28.3. The van der Waals surface area contributed by atoms with Crippen LogP contribution in [0, 0.1) is 6.92 Å². The molecule has 8 nitrogen and oxygen atoms in total. The van der Waals surface area contributed by atoms with Crippen LogP contribution in [-0.4, -0.2) is 52.7 Å². The van der Waals surface area contributed by atoms with Gasteiger partial charge in [-0.15, -0.1) is 11.3 Å². The van der Waals surface area contributed by atoms with Crippen molar-refractivity contribution in [3.05, 3.63) is 79.0 Å². The summed E-state index contributed by atoms with van der Waals surface area (Å²) in [5.74, 6) is 0.686. The summed E-state index contributed by atoms with van der Waals surface area (Å²) in [5.41, 5.74) is 1.33. The van der Waals surface area contributed by atoms with Gasteiger partial charge in [0.2, 0.25) is 0 Å². The van der Waals surface area contributed by atoms with Crippen molar-refractivity contribution >= 4 is 33.2 Å². The number of pyridine rings is 1. The Hall–Kier alpha value is -3.19. The molecule has 212 valence electrons. The number of nitrogens with one attached hydrogen (secondary N) is 1. The van der Waals surface area contributed by atoms with Crippen LogP contribution >= 0.6 is 22.9 Å². The number of halogens is 4. The second kappa shape index (κ2) is 11.4. The average molecular weight is 595 g/mol. The molecule has 0 aliphatic carbocycles. The number of aromatic nitrogens is 3. The molecule has 0 saturated carbocycles. The highest BCUT2D eigenvalue weighted by Gasteiger charge is 2.29. The van der Waals surface area contributed by atoms with Crippen molar-refractivity contribution in [1.82, 2.24) is 19.4 Å². The summed E-state index contributed by atoms with van der Waals surface area (Å²) in [4.78, 5) is 30.1. The van der Waals surface area contributed by atoms with Gasteiger partial charge in [-0.2, -0.15) is 13.2 Å². The van der Waals surface area contributed by atoms with E-state index in [0.29, 0.717) is 38.9 Å². The molecule has 2 atom stereocenters. The third-order valence-corrected chi connectivity index (χ3v) is 7.99. The van der Waals surface area contributed by atoms with Crippen molar-refractivity contribution in [2.75, 3.05) is 20.3 Å². The van der Waals surface area contributed by atoms with E-state index < -0.39 is 24.0 Å². The van der Waals surface area contributed by atoms with Gasteiger partial charge in [0.15, 0.2) is 0 Å². The van der Waals surface area contributed by atoms with Crippen molar-refractivity contribution in [2.24, 2.45) is 0 Å². The number of fused-ring (bicyclic) bond motifs is 1. The van der Waals surface area contributed by atoms with E-state index in [9.17, 15) is 22.8 Å². The van der Waals surface area contributed by atoms with Crippen LogP contribution in [0.25, 0.3) is 21.3 Å². The van der Waals surface area contributed by atoms with Gasteiger partial charge in [-0.25, -0.2) is 4.79 Å². The standard InChI is InChI=1S/C27H26ClF3N4O4S/c1-15-7-16(28)8-21(24(15)39-18-9-17(13-38-2)33-11-18)20-3-5-32-22-10-19(40-25(20)22)12-35-23(36)4-6-34(26(35)37)14-27(29,30)31/h3-8,10,17-18,33H,9,11-14H2,1-2H3/t17-,18-/m0/s1. The molecule has 3 aromatic heterocycles. The lowest BCUT2D eigenvalue weighted by molar-refractivity contribution is -0.141. The Kier molecular flexibility index (Phi) is 8.05. The first-order valence-corrected chi connectivity index (χ1v) is 13.7. The molecular formula is C27H26ClF3N4O4S. The summed E-state index contributed by atoms with van der Waals surface area (Å²) >= 11 is 7.76. The minimum absolute atomic E-state index is 0.0705. The number of ether oxygens (including phenoxy) is 2. The summed E-state index contributed by atoms with van der Waals surface area (Å²) in [7, 11) is 1.66. The zero-order valence-corrected chi connectivity index (χ0v) is 23.2. The fourth-order valence-corrected chi connectivity index (χ4v) is 6.31. The maximum Gasteiger partial charge on any atom is 0.406 e. The Labute approximate surface area is 235 Å². The van der Waals surface area contributed by atoms with Crippen LogP contribution in [0.15, 0.2) is 52.3 Å². The fraction of sp³-hybridized carbons (Fsp3) is 0.370. The quantitative estimate of drug-likeness (QED) is 0.321. The molecule has 40 heavy (non-hydrogen) atoms. The van der Waals surface area contributed by atoms with Crippen LogP contribution in [0.5, 0.6) is 5.75 Å². The third-order valence-electron chi connectivity index (χ3n) is 6.63. The van der Waals surface area contributed by atoms with E-state index in [2.05, 4.69) is 10.3 Å². The van der Waals surface area contributed by atoms with Crippen molar-refractivity contribution in [1.29, 1.82) is 0 Å². The minimum Gasteiger partial charge on any atom is -0.488 e. The molecular weight excluding hydrogens is 569 g/mol. The number of nitrogens with zero attached hydrogens (tertiary/aromatic N) is 3. The van der Waals surface area contributed by atoms with E-state index in [1.807, 2.05) is 25.1 Å². The second-order valence-electron chi connectivity index (χ2n) is 9.69. The SMILES string of the molecule is COC[C@@H]1C[C@H](Oc2c(C)cc(Cl)cc2-c2ccnc3cc(Cn4c(=O)ccn(CC(F)(F)F)c4=O)sc23)CN1. The molecule has 0 bridgehead atoms. The maximum atomic E-state index is 12.9. The van der Waals surface area contributed by atoms with Gasteiger partial charge in [0, 0.05) is 65.6 Å². The summed E-state index contributed by atoms with van der Waals surface area (Å²) in [6, 6.07) is 8.38. The number of benzene rings is 1. The molecule has 13 heteroatoms. The molecule has 0 unspecified atom stereocenters. The summed E-state index contributed by atoms with van der Waals surface area (Å²) in [5, 5.41) is 3.93. The van der Waals surface area contributed by atoms with Crippen LogP contribution < -0.4 is 21.3 Å². The molecule has 1 aromatic carbocycles. The largest absolute Gasteiger partial charge is 0.488 e. The predicted octanol–water partition coefficient (Wildman–Crippen LogP) is 4.61. The van der Waals surface area contributed by atoms with Gasteiger partial charge in [-0.05, 0) is 36.8 Å². The Morgan fingerprint density at radius 3 is 2.75 bits per heavy atom. The lowest BCUT2D eigenvalue weighted by Crippen LogP contribution is -2.41. The maximum absolute atomic E-state index is 12.9. The normalized spacial score (nSPS) is 17.6. The van der Waals surface area contributed by atoms with Crippen molar-refractivity contribution in [3.63, 3.8) is 0 Å². The van der Waals surface area contributed by atoms with E-state index in [4.69, 9.17) is 21.1 Å². The predicted molar refractivity (Wildman–Crippen MR) is 148 cm³/mol. The molecule has 1 aliphatic rings. The van der Waals surface area contributed by atoms with Crippen LogP contribution in [0.2, 0.25) is 5.02 Å². The molecule has 4 heterocycles. The Balaban J connectivity index is 1.52. The van der Waals surface area contributed by atoms with E-state index in [0.717, 1.165) is 44.6 Å². The Morgan fingerprint density at radius 1 is 1.20 bits per heavy atom. The number of thiophene rings is 1. The molecule has 0 spiro atoms. The Morgan fingerprint density at radius 2 is 2.00 bits per heavy atom. The second-order valence-corrected chi connectivity index (χ2v) is 11.3. The van der Waals surface area contributed by atoms with E-state index in [1.54, 1.807) is 19.4 Å². The summed E-state index contributed by atoms with van der Waals surface area (Å²) in [6.07, 6.45) is -1.39. The van der Waals surface area contributed by atoms with Crippen LogP contribution in [-0.2, 0) is 17.8 Å². The molecule has 5 rings (SSSR count). The summed E-state index contributed by atoms with van der Waals surface area (Å²) in [6.45, 7) is 1.50. The topological polar surface area (TPSA) is 87.4 Å². The number of methoxy groups -OCH3 is 1. The van der Waals surface area contributed by atoms with Gasteiger partial charge in [0.1, 0.15) is 18.4 Å². The van der Waals surface area contributed by atoms with Gasteiger partial charge in [0.25, 0.3) is 5.56 Å². The summed E-state index contributed by atoms with van der Waals surface area (Å²) < 4.78 is 52.5. The average Bonchev–Trinajstić information content (AvgIpc) is 3.51. The first-order valence-electron chi connectivity index (χ1n) is 12.5. The van der Waals surface area contributed by atoms with Crippen molar-refractivity contribution in [2.45, 2.75) is 44.8 Å². The van der Waals surface area contributed by atoms with E-state index >= 15 is 0 Å². The number of rotatable bonds is 8. The molecule has 0 amide bonds. The van der Waals surface area contributed by atoms with E-state index in [-0.39, 0.29) is 18.7 Å². The molecule has 1 saturated heterocycles. The number of hydrogen-bond donors (Lipinski definition) is 1. The van der Waals surface area contributed by atoms with Crippen molar-refractivity contribution in [3.8, 4) is 16.9 Å². The van der Waals surface area contributed by atoms with Crippen LogP contribution in [0.4, 0.5) is 13.2 Å². The van der Waals surface area contributed by atoms with Gasteiger partial charge >= 0.3 is 11.9 Å². The molecule has 1 N–H and O–H groups in total. The number of aryl methyl sites for hydroxylation is 1. The lowest BCUT2D eigenvalue weighted by atomic mass is 10.0. The minimum atomic E-state index is -4.60. The smallest absolute Gasteiger partial charge is 0.406 e. The van der Waals surface area contributed by atoms with Crippen LogP contribution in [0.1, 0.15) is 16.9 Å². The highest BCUT2D eigenvalue weighted by molar-refractivity contribution is 7.19. The van der Waals surface area contributed by atoms with Gasteiger partial charge in [-0.1, -0.05) is 11.6 Å². The highest BCUT2D eigenvalue weighted by atomic mass is 35.5. The first-order chi connectivity index (χ1) is 19.0. The van der Waals surface area contributed by atoms with Gasteiger partial charge < -0.3 is 14.8 Å². The van der Waals surface area contributed by atoms with Crippen molar-refractivity contribution < 1.29 is 22.6 Å². The molecule has 1 fully saturated rings. The molecule has 4 aromatic rings. The van der Waals surface area contributed by atoms with Crippen LogP contribution in [0.3, 0.4) is 0 Å². The van der Waals surface area contributed by atoms with E-state index in [1.165, 1.54) is 11.3 Å². The number of hydrogen-bond acceptors (Lipinski definition) is 7. The third kappa shape index (κ3) is 6.09. The molecule has 0 radical (unpaired) electrons. The zero-order chi connectivity index (χ0) is 28.6. The lowest BCUT2D eigenvalue weighted by Gasteiger charge is -2.19. The Bertz CT molecular complexity index is 1670. The number of alkyl halides is 3. The zero-order valence-electron chi connectivity index (χ0n) is 21.6. The molecule has 1 aliphatic heterocycles. The fourth-order valence-electron chi connectivity index (χ4n) is 4.90. The highest BCUT2D eigenvalue weighted by Crippen LogP contribution is 2.42. The monoisotopic (exact) mass is 594 g/mol. The van der Waals surface area contributed by atoms with Gasteiger partial charge in [-0.3, -0.25) is 18.9 Å².